The van der Waals surface area contributed by atoms with E-state index in [1.54, 1.807) is 19.9 Å². The molecule has 12 heteroatoms. The van der Waals surface area contributed by atoms with Crippen molar-refractivity contribution in [3.63, 3.8) is 0 Å². The van der Waals surface area contributed by atoms with E-state index in [4.69, 9.17) is 15.3 Å². The monoisotopic (exact) mass is 388 g/mol. The number of rotatable bonds is 5. The molecule has 0 saturated carbocycles. The van der Waals surface area contributed by atoms with Gasteiger partial charge in [-0.15, -0.1) is 0 Å². The Bertz CT molecular complexity index is 1030. The van der Waals surface area contributed by atoms with Crippen LogP contribution in [0.2, 0.25) is 0 Å². The summed E-state index contributed by atoms with van der Waals surface area (Å²) < 4.78 is 70.9. The first-order valence-electron chi connectivity index (χ1n) is 6.86. The molecule has 0 aliphatic rings. The molecule has 8 nitrogen and oxygen atoms in total. The Hall–Kier alpha value is -2.99. The number of aromatic nitrogens is 2. The zero-order valence-corrected chi connectivity index (χ0v) is 14.2. The van der Waals surface area contributed by atoms with E-state index in [2.05, 4.69) is 9.28 Å². The maximum atomic E-state index is 12.6. The minimum absolute atomic E-state index is 0.0965. The third kappa shape index (κ3) is 3.81. The summed E-state index contributed by atoms with van der Waals surface area (Å²) in [7, 11) is -5.97. The minimum atomic E-state index is -5.97. The second-order valence-electron chi connectivity index (χ2n) is 5.77. The first kappa shape index (κ1) is 19.3. The number of ether oxygens (including phenoxy) is 1. The molecule has 0 amide bonds. The van der Waals surface area contributed by atoms with Crippen molar-refractivity contribution >= 4 is 15.6 Å². The molecular formula is C14H11F3N4O4S. The molecule has 0 aliphatic heterocycles. The lowest BCUT2D eigenvalue weighted by atomic mass is 9.98. The average molecular weight is 388 g/mol. The van der Waals surface area contributed by atoms with E-state index in [1.165, 1.54) is 6.20 Å². The number of hydrogen-bond donors (Lipinski definition) is 0. The third-order valence-electron chi connectivity index (χ3n) is 3.06. The maximum absolute atomic E-state index is 12.6. The highest BCUT2D eigenvalue weighted by Gasteiger charge is 2.49. The summed E-state index contributed by atoms with van der Waals surface area (Å²) in [6.07, 6.45) is 2.25. The Kier molecular flexibility index (Phi) is 4.75. The highest BCUT2D eigenvalue weighted by molar-refractivity contribution is 7.88. The molecular weight excluding hydrogens is 377 g/mol. The summed E-state index contributed by atoms with van der Waals surface area (Å²) >= 11 is 0. The molecule has 26 heavy (non-hydrogen) atoms. The van der Waals surface area contributed by atoms with E-state index in [9.17, 15) is 21.6 Å². The number of alkyl halides is 3. The van der Waals surface area contributed by atoms with Crippen LogP contribution in [0.5, 0.6) is 11.5 Å². The Morgan fingerprint density at radius 1 is 1.31 bits per heavy atom. The summed E-state index contributed by atoms with van der Waals surface area (Å²) in [6.45, 7) is 3.00. The molecule has 0 bridgehead atoms. The molecule has 0 fully saturated rings. The summed E-state index contributed by atoms with van der Waals surface area (Å²) in [5.74, 6) is -0.871. The molecule has 0 radical (unpaired) electrons. The Balaban J connectivity index is 2.54. The van der Waals surface area contributed by atoms with Gasteiger partial charge in [0.05, 0.1) is 23.9 Å². The average Bonchev–Trinajstić information content (AvgIpc) is 2.95. The van der Waals surface area contributed by atoms with Gasteiger partial charge in [-0.3, -0.25) is 0 Å². The van der Waals surface area contributed by atoms with Gasteiger partial charge in [-0.1, -0.05) is 0 Å². The molecule has 0 N–H and O–H groups in total. The van der Waals surface area contributed by atoms with Gasteiger partial charge in [-0.25, -0.2) is 4.52 Å². The maximum Gasteiger partial charge on any atom is 0.534 e. The highest BCUT2D eigenvalue weighted by atomic mass is 32.2. The molecule has 0 saturated heterocycles. The van der Waals surface area contributed by atoms with Gasteiger partial charge in [0.1, 0.15) is 29.5 Å². The molecule has 0 spiro atoms. The second kappa shape index (κ2) is 6.38. The smallest absolute Gasteiger partial charge is 0.490 e. The third-order valence-corrected chi connectivity index (χ3v) is 4.02. The van der Waals surface area contributed by atoms with Crippen LogP contribution in [0.4, 0.5) is 13.2 Å². The second-order valence-corrected chi connectivity index (χ2v) is 7.31. The van der Waals surface area contributed by atoms with Crippen LogP contribution < -0.4 is 8.92 Å². The summed E-state index contributed by atoms with van der Waals surface area (Å²) in [5, 5.41) is 21.7. The molecule has 2 aromatic rings. The highest BCUT2D eigenvalue weighted by Crippen LogP contribution is 2.33. The lowest BCUT2D eigenvalue weighted by Gasteiger charge is -2.17. The molecule has 2 aromatic heterocycles. The van der Waals surface area contributed by atoms with Crippen LogP contribution in [0.15, 0.2) is 18.5 Å². The largest absolute Gasteiger partial charge is 0.534 e. The first-order chi connectivity index (χ1) is 11.9. The zero-order valence-electron chi connectivity index (χ0n) is 13.4. The van der Waals surface area contributed by atoms with Crippen LogP contribution in [0.25, 0.3) is 5.52 Å². The molecule has 2 rings (SSSR count). The normalized spacial score (nSPS) is 12.4. The lowest BCUT2D eigenvalue weighted by molar-refractivity contribution is -0.0499. The van der Waals surface area contributed by atoms with Crippen LogP contribution in [-0.2, 0) is 10.1 Å². The van der Waals surface area contributed by atoms with Crippen molar-refractivity contribution in [3.05, 3.63) is 24.0 Å². The van der Waals surface area contributed by atoms with Crippen molar-refractivity contribution in [3.8, 4) is 23.6 Å². The van der Waals surface area contributed by atoms with E-state index < -0.39 is 26.8 Å². The summed E-state index contributed by atoms with van der Waals surface area (Å²) in [4.78, 5) is 0. The number of nitriles is 2. The molecule has 138 valence electrons. The predicted molar refractivity (Wildman–Crippen MR) is 80.4 cm³/mol. The Labute approximate surface area is 146 Å². The van der Waals surface area contributed by atoms with Crippen molar-refractivity contribution in [1.29, 1.82) is 10.5 Å². The molecule has 0 aromatic carbocycles. The summed E-state index contributed by atoms with van der Waals surface area (Å²) in [6, 6.07) is 4.53. The van der Waals surface area contributed by atoms with Crippen LogP contribution in [0.3, 0.4) is 0 Å². The molecule has 0 aliphatic carbocycles. The van der Waals surface area contributed by atoms with Crippen LogP contribution in [-0.4, -0.2) is 30.1 Å². The topological polar surface area (TPSA) is 117 Å². The lowest BCUT2D eigenvalue weighted by Crippen LogP contribution is -2.28. The van der Waals surface area contributed by atoms with Crippen LogP contribution in [0, 0.1) is 28.1 Å². The number of hydrogen-bond acceptors (Lipinski definition) is 7. The van der Waals surface area contributed by atoms with E-state index in [-0.39, 0.29) is 23.4 Å². The SMILES string of the molecule is CC(C)(C#N)COc1cc(OS(=O)(=O)C(F)(F)F)c2c(C#N)cnn2c1. The van der Waals surface area contributed by atoms with Crippen molar-refractivity contribution < 1.29 is 30.5 Å². The van der Waals surface area contributed by atoms with Gasteiger partial charge in [0.2, 0.25) is 0 Å². The fourth-order valence-corrected chi connectivity index (χ4v) is 2.20. The van der Waals surface area contributed by atoms with Crippen molar-refractivity contribution in [2.24, 2.45) is 5.41 Å². The number of nitrogens with zero attached hydrogens (tertiary/aromatic N) is 4. The van der Waals surface area contributed by atoms with E-state index in [0.717, 1.165) is 16.8 Å². The van der Waals surface area contributed by atoms with E-state index in [1.807, 2.05) is 6.07 Å². The molecule has 2 heterocycles. The van der Waals surface area contributed by atoms with Gasteiger partial charge in [-0.05, 0) is 13.8 Å². The van der Waals surface area contributed by atoms with Gasteiger partial charge in [0.15, 0.2) is 5.75 Å². The number of fused-ring (bicyclic) bond motifs is 1. The standard InChI is InChI=1S/C14H11F3N4O4S/c1-13(2,7-19)8-24-10-3-11(25-26(22,23)14(15,16)17)12-9(4-18)5-20-21(12)6-10/h3,5-6H,8H2,1-2H3. The number of pyridine rings is 1. The Morgan fingerprint density at radius 3 is 2.50 bits per heavy atom. The number of halogens is 3. The zero-order chi connectivity index (χ0) is 19.8. The Morgan fingerprint density at radius 2 is 1.96 bits per heavy atom. The van der Waals surface area contributed by atoms with Gasteiger partial charge in [-0.2, -0.15) is 37.2 Å². The minimum Gasteiger partial charge on any atom is -0.490 e. The van der Waals surface area contributed by atoms with Gasteiger partial charge in [0, 0.05) is 6.07 Å². The predicted octanol–water partition coefficient (Wildman–Crippen LogP) is 2.36. The van der Waals surface area contributed by atoms with Crippen LogP contribution >= 0.6 is 0 Å². The molecule has 0 unspecified atom stereocenters. The van der Waals surface area contributed by atoms with Crippen molar-refractivity contribution in [2.75, 3.05) is 6.61 Å². The fraction of sp³-hybridized carbons (Fsp3) is 0.357. The van der Waals surface area contributed by atoms with Crippen LogP contribution in [0.1, 0.15) is 19.4 Å². The summed E-state index contributed by atoms with van der Waals surface area (Å²) in [5.41, 5.74) is -7.03. The molecule has 0 atom stereocenters. The van der Waals surface area contributed by atoms with Gasteiger partial charge in [0.25, 0.3) is 0 Å². The van der Waals surface area contributed by atoms with E-state index in [0.29, 0.717) is 0 Å². The van der Waals surface area contributed by atoms with Crippen molar-refractivity contribution in [1.82, 2.24) is 9.61 Å². The van der Waals surface area contributed by atoms with Gasteiger partial charge >= 0.3 is 15.6 Å². The van der Waals surface area contributed by atoms with Gasteiger partial charge < -0.3 is 8.92 Å². The first-order valence-corrected chi connectivity index (χ1v) is 8.27. The van der Waals surface area contributed by atoms with E-state index >= 15 is 0 Å². The fourth-order valence-electron chi connectivity index (χ4n) is 1.75. The quantitative estimate of drug-likeness (QED) is 0.570. The van der Waals surface area contributed by atoms with Crippen molar-refractivity contribution in [2.45, 2.75) is 19.4 Å².